The van der Waals surface area contributed by atoms with Crippen molar-refractivity contribution in [3.05, 3.63) is 48.3 Å². The van der Waals surface area contributed by atoms with Crippen LogP contribution < -0.4 is 5.32 Å². The number of amides is 1. The molecule has 1 aromatic carbocycles. The summed E-state index contributed by atoms with van der Waals surface area (Å²) in [6, 6.07) is 5.44. The van der Waals surface area contributed by atoms with E-state index in [1.165, 1.54) is 6.08 Å². The number of nitrogens with zero attached hydrogens (tertiary/aromatic N) is 2. The van der Waals surface area contributed by atoms with Gasteiger partial charge in [-0.1, -0.05) is 44.1 Å². The van der Waals surface area contributed by atoms with Crippen molar-refractivity contribution in [3.63, 3.8) is 0 Å². The average Bonchev–Trinajstić information content (AvgIpc) is 3.11. The molecule has 8 heteroatoms. The van der Waals surface area contributed by atoms with Gasteiger partial charge in [-0.05, 0) is 12.1 Å². The molecular weight excluding hydrogens is 350 g/mol. The highest BCUT2D eigenvalue weighted by Crippen LogP contribution is 2.26. The zero-order chi connectivity index (χ0) is 20.0. The smallest absolute Gasteiger partial charge is 0.328 e. The molecular formula is C19H23N3O5. The van der Waals surface area contributed by atoms with Crippen LogP contribution in [0.5, 0.6) is 0 Å². The van der Waals surface area contributed by atoms with E-state index in [1.54, 1.807) is 24.3 Å². The predicted octanol–water partition coefficient (Wildman–Crippen LogP) is 2.42. The Bertz CT molecular complexity index is 823. The monoisotopic (exact) mass is 373 g/mol. The van der Waals surface area contributed by atoms with Crippen LogP contribution in [-0.4, -0.2) is 46.4 Å². The summed E-state index contributed by atoms with van der Waals surface area (Å²) in [5.74, 6) is -1.07. The lowest BCUT2D eigenvalue weighted by atomic mass is 9.96. The Hall–Kier alpha value is -3.00. The summed E-state index contributed by atoms with van der Waals surface area (Å²) >= 11 is 0. The maximum absolute atomic E-state index is 12.7. The first kappa shape index (κ1) is 20.3. The van der Waals surface area contributed by atoms with Crippen LogP contribution in [0.1, 0.15) is 37.0 Å². The molecule has 0 aliphatic heterocycles. The van der Waals surface area contributed by atoms with Crippen LogP contribution in [0.3, 0.4) is 0 Å². The number of carbonyl (C=O) groups excluding carboxylic acids is 1. The third-order valence-corrected chi connectivity index (χ3v) is 3.62. The highest BCUT2D eigenvalue weighted by Gasteiger charge is 2.26. The van der Waals surface area contributed by atoms with Crippen LogP contribution in [-0.2, 0) is 14.9 Å². The maximum atomic E-state index is 12.7. The van der Waals surface area contributed by atoms with Gasteiger partial charge in [0.1, 0.15) is 0 Å². The number of hydrogen-bond donors (Lipinski definition) is 2. The molecule has 1 amide bonds. The molecule has 2 aromatic rings. The molecule has 0 saturated heterocycles. The summed E-state index contributed by atoms with van der Waals surface area (Å²) in [5.41, 5.74) is 0.348. The van der Waals surface area contributed by atoms with Crippen molar-refractivity contribution in [2.24, 2.45) is 0 Å². The molecule has 0 spiro atoms. The van der Waals surface area contributed by atoms with Gasteiger partial charge in [-0.2, -0.15) is 4.98 Å². The Morgan fingerprint density at radius 3 is 2.67 bits per heavy atom. The van der Waals surface area contributed by atoms with Gasteiger partial charge in [-0.3, -0.25) is 4.79 Å². The molecule has 1 unspecified atom stereocenters. The van der Waals surface area contributed by atoms with Crippen molar-refractivity contribution in [1.29, 1.82) is 0 Å². The highest BCUT2D eigenvalue weighted by atomic mass is 16.5. The normalized spacial score (nSPS) is 12.4. The number of carboxylic acid groups (broad SMARTS) is 1. The van der Waals surface area contributed by atoms with E-state index in [2.05, 4.69) is 22.0 Å². The van der Waals surface area contributed by atoms with E-state index in [9.17, 15) is 14.7 Å². The number of rotatable bonds is 8. The highest BCUT2D eigenvalue weighted by molar-refractivity contribution is 6.01. The second-order valence-corrected chi connectivity index (χ2v) is 6.91. The molecule has 1 atom stereocenters. The van der Waals surface area contributed by atoms with E-state index in [1.807, 2.05) is 20.8 Å². The first-order valence-electron chi connectivity index (χ1n) is 8.40. The Morgan fingerprint density at radius 1 is 1.37 bits per heavy atom. The topological polar surface area (TPSA) is 115 Å². The van der Waals surface area contributed by atoms with Crippen molar-refractivity contribution in [2.45, 2.75) is 32.2 Å². The molecule has 0 aliphatic carbocycles. The van der Waals surface area contributed by atoms with Crippen molar-refractivity contribution >= 4 is 11.9 Å². The van der Waals surface area contributed by atoms with Crippen LogP contribution in [0.2, 0.25) is 0 Å². The van der Waals surface area contributed by atoms with E-state index in [4.69, 9.17) is 9.26 Å². The lowest BCUT2D eigenvalue weighted by molar-refractivity contribution is -0.140. The van der Waals surface area contributed by atoms with Gasteiger partial charge < -0.3 is 19.7 Å². The summed E-state index contributed by atoms with van der Waals surface area (Å²) in [7, 11) is 0. The number of aromatic nitrogens is 2. The number of hydrogen-bond acceptors (Lipinski definition) is 6. The van der Waals surface area contributed by atoms with Gasteiger partial charge >= 0.3 is 5.97 Å². The molecule has 144 valence electrons. The minimum atomic E-state index is -1.20. The molecule has 0 radical (unpaired) electrons. The fraction of sp³-hybridized carbons (Fsp3) is 0.368. The fourth-order valence-corrected chi connectivity index (χ4v) is 2.19. The summed E-state index contributed by atoms with van der Waals surface area (Å²) in [6.07, 6.45) is 1.50. The van der Waals surface area contributed by atoms with Crippen molar-refractivity contribution in [1.82, 2.24) is 15.5 Å². The number of benzene rings is 1. The van der Waals surface area contributed by atoms with E-state index in [0.717, 1.165) is 0 Å². The Balaban J connectivity index is 2.26. The number of ether oxygens (including phenoxy) is 1. The van der Waals surface area contributed by atoms with Gasteiger partial charge in [0.15, 0.2) is 11.9 Å². The SMILES string of the molecule is C=CCOCC(NC(=O)c1ccccc1-c1nc(C(C)(C)C)no1)C(=O)O. The van der Waals surface area contributed by atoms with Crippen LogP contribution in [0.25, 0.3) is 11.5 Å². The van der Waals surface area contributed by atoms with Crippen molar-refractivity contribution in [2.75, 3.05) is 13.2 Å². The van der Waals surface area contributed by atoms with E-state index in [-0.39, 0.29) is 30.1 Å². The minimum Gasteiger partial charge on any atom is -0.480 e. The first-order chi connectivity index (χ1) is 12.7. The van der Waals surface area contributed by atoms with E-state index >= 15 is 0 Å². The van der Waals surface area contributed by atoms with Crippen molar-refractivity contribution in [3.8, 4) is 11.5 Å². The molecule has 1 aromatic heterocycles. The molecule has 0 bridgehead atoms. The lowest BCUT2D eigenvalue weighted by Crippen LogP contribution is -2.44. The molecule has 0 fully saturated rings. The van der Waals surface area contributed by atoms with Crippen molar-refractivity contribution < 1.29 is 24.0 Å². The largest absolute Gasteiger partial charge is 0.480 e. The third kappa shape index (κ3) is 5.24. The number of carbonyl (C=O) groups is 2. The average molecular weight is 373 g/mol. The summed E-state index contributed by atoms with van der Waals surface area (Å²) in [4.78, 5) is 28.4. The maximum Gasteiger partial charge on any atom is 0.328 e. The Kier molecular flexibility index (Phi) is 6.46. The zero-order valence-corrected chi connectivity index (χ0v) is 15.6. The standard InChI is InChI=1S/C19H23N3O5/c1-5-10-26-11-14(17(24)25)20-15(23)12-8-6-7-9-13(12)16-21-18(22-27-16)19(2,3)4/h5-9,14H,1,10-11H2,2-4H3,(H,20,23)(H,24,25). The quantitative estimate of drug-likeness (QED) is 0.539. The van der Waals surface area contributed by atoms with Crippen LogP contribution >= 0.6 is 0 Å². The Morgan fingerprint density at radius 2 is 2.07 bits per heavy atom. The van der Waals surface area contributed by atoms with Gasteiger partial charge in [-0.25, -0.2) is 4.79 Å². The van der Waals surface area contributed by atoms with Gasteiger partial charge in [0.05, 0.1) is 24.3 Å². The van der Waals surface area contributed by atoms with Gasteiger partial charge in [0, 0.05) is 5.41 Å². The molecule has 0 saturated carbocycles. The van der Waals surface area contributed by atoms with Gasteiger partial charge in [0.2, 0.25) is 0 Å². The minimum absolute atomic E-state index is 0.177. The van der Waals surface area contributed by atoms with E-state index < -0.39 is 17.9 Å². The molecule has 27 heavy (non-hydrogen) atoms. The fourth-order valence-electron chi connectivity index (χ4n) is 2.19. The Labute approximate surface area is 157 Å². The summed E-state index contributed by atoms with van der Waals surface area (Å²) < 4.78 is 10.5. The first-order valence-corrected chi connectivity index (χ1v) is 8.40. The number of aliphatic carboxylic acids is 1. The molecule has 2 rings (SSSR count). The lowest BCUT2D eigenvalue weighted by Gasteiger charge is -2.15. The molecule has 1 heterocycles. The van der Waals surface area contributed by atoms with Crippen LogP contribution in [0.15, 0.2) is 41.4 Å². The second-order valence-electron chi connectivity index (χ2n) is 6.91. The van der Waals surface area contributed by atoms with Gasteiger partial charge in [-0.15, -0.1) is 6.58 Å². The number of nitrogens with one attached hydrogen (secondary N) is 1. The predicted molar refractivity (Wildman–Crippen MR) is 98.3 cm³/mol. The van der Waals surface area contributed by atoms with Crippen LogP contribution in [0.4, 0.5) is 0 Å². The molecule has 8 nitrogen and oxygen atoms in total. The molecule has 0 aliphatic rings. The number of carboxylic acids is 1. The summed E-state index contributed by atoms with van der Waals surface area (Å²) in [5, 5.41) is 15.7. The van der Waals surface area contributed by atoms with Gasteiger partial charge in [0.25, 0.3) is 11.8 Å². The summed E-state index contributed by atoms with van der Waals surface area (Å²) in [6.45, 7) is 9.34. The van der Waals surface area contributed by atoms with Crippen LogP contribution in [0, 0.1) is 0 Å². The molecule has 2 N–H and O–H groups in total. The second kappa shape index (κ2) is 8.59. The van der Waals surface area contributed by atoms with E-state index in [0.29, 0.717) is 11.4 Å². The third-order valence-electron chi connectivity index (χ3n) is 3.62. The zero-order valence-electron chi connectivity index (χ0n) is 15.6.